The van der Waals surface area contributed by atoms with Crippen LogP contribution in [0.1, 0.15) is 58.3 Å². The molecule has 0 spiro atoms. The van der Waals surface area contributed by atoms with Gasteiger partial charge in [-0.15, -0.1) is 12.4 Å². The van der Waals surface area contributed by atoms with Gasteiger partial charge < -0.3 is 4.74 Å². The Labute approximate surface area is 118 Å². The van der Waals surface area contributed by atoms with Crippen molar-refractivity contribution in [1.29, 1.82) is 0 Å². The minimum Gasteiger partial charge on any atom is -0.468 e. The summed E-state index contributed by atoms with van der Waals surface area (Å²) in [5.41, 5.74) is 0. The number of hydrogen-bond acceptors (Lipinski definition) is 3. The fourth-order valence-corrected chi connectivity index (χ4v) is 2.58. The van der Waals surface area contributed by atoms with E-state index in [1.807, 2.05) is 0 Å². The average molecular weight is 278 g/mol. The van der Waals surface area contributed by atoms with E-state index in [9.17, 15) is 4.79 Å². The number of methoxy groups -OCH3 is 1. The predicted octanol–water partition coefficient (Wildman–Crippen LogP) is 3.41. The van der Waals surface area contributed by atoms with Gasteiger partial charge in [0, 0.05) is 0 Å². The summed E-state index contributed by atoms with van der Waals surface area (Å²) >= 11 is 0. The molecule has 1 heterocycles. The number of nitrogens with zero attached hydrogens (tertiary/aromatic N) is 1. The molecule has 0 aliphatic carbocycles. The van der Waals surface area contributed by atoms with Crippen LogP contribution in [0.25, 0.3) is 0 Å². The minimum absolute atomic E-state index is 0. The maximum atomic E-state index is 11.8. The fourth-order valence-electron chi connectivity index (χ4n) is 2.58. The summed E-state index contributed by atoms with van der Waals surface area (Å²) in [4.78, 5) is 14.1. The first-order chi connectivity index (χ1) is 8.29. The summed E-state index contributed by atoms with van der Waals surface area (Å²) in [6, 6.07) is 0.0113. The first kappa shape index (κ1) is 17.7. The normalized spacial score (nSPS) is 17.9. The van der Waals surface area contributed by atoms with Crippen molar-refractivity contribution >= 4 is 18.4 Å². The number of ether oxygens (including phenoxy) is 1. The van der Waals surface area contributed by atoms with Crippen LogP contribution in [0.4, 0.5) is 0 Å². The van der Waals surface area contributed by atoms with Crippen LogP contribution in [-0.4, -0.2) is 37.1 Å². The van der Waals surface area contributed by atoms with Gasteiger partial charge in [0.2, 0.25) is 0 Å². The van der Waals surface area contributed by atoms with Crippen molar-refractivity contribution in [2.75, 3.05) is 20.2 Å². The average Bonchev–Trinajstić information content (AvgIpc) is 2.39. The molecule has 1 unspecified atom stereocenters. The molecule has 1 saturated heterocycles. The zero-order chi connectivity index (χ0) is 12.5. The Hall–Kier alpha value is -0.280. The van der Waals surface area contributed by atoms with E-state index in [-0.39, 0.29) is 24.4 Å². The van der Waals surface area contributed by atoms with Gasteiger partial charge in [0.05, 0.1) is 7.11 Å². The second kappa shape index (κ2) is 10.6. The molecule has 1 fully saturated rings. The lowest BCUT2D eigenvalue weighted by molar-refractivity contribution is -0.147. The molecule has 0 radical (unpaired) electrons. The molecule has 0 aromatic heterocycles. The number of halogens is 1. The molecule has 3 nitrogen and oxygen atoms in total. The molecule has 1 rings (SSSR count). The fraction of sp³-hybridized carbons (Fsp3) is 0.929. The highest BCUT2D eigenvalue weighted by Gasteiger charge is 2.27. The third-order valence-electron chi connectivity index (χ3n) is 3.64. The molecule has 0 aromatic carbocycles. The zero-order valence-corrected chi connectivity index (χ0v) is 12.6. The highest BCUT2D eigenvalue weighted by Crippen LogP contribution is 2.18. The second-order valence-corrected chi connectivity index (χ2v) is 4.98. The van der Waals surface area contributed by atoms with Gasteiger partial charge in [-0.25, -0.2) is 0 Å². The first-order valence-corrected chi connectivity index (χ1v) is 7.11. The van der Waals surface area contributed by atoms with Gasteiger partial charge in [0.15, 0.2) is 0 Å². The Morgan fingerprint density at radius 3 is 2.39 bits per heavy atom. The van der Waals surface area contributed by atoms with Crippen molar-refractivity contribution in [2.24, 2.45) is 0 Å². The molecule has 0 aromatic rings. The smallest absolute Gasteiger partial charge is 0.323 e. The summed E-state index contributed by atoms with van der Waals surface area (Å²) in [6.45, 7) is 4.34. The van der Waals surface area contributed by atoms with Crippen LogP contribution in [0.3, 0.4) is 0 Å². The Morgan fingerprint density at radius 1 is 1.17 bits per heavy atom. The molecular formula is C14H28ClNO2. The van der Waals surface area contributed by atoms with Crippen molar-refractivity contribution in [3.8, 4) is 0 Å². The summed E-state index contributed by atoms with van der Waals surface area (Å²) in [7, 11) is 1.51. The third-order valence-corrected chi connectivity index (χ3v) is 3.64. The predicted molar refractivity (Wildman–Crippen MR) is 77.2 cm³/mol. The number of carbonyl (C=O) groups is 1. The van der Waals surface area contributed by atoms with Gasteiger partial charge in [0.25, 0.3) is 0 Å². The molecule has 4 heteroatoms. The Morgan fingerprint density at radius 2 is 1.83 bits per heavy atom. The lowest BCUT2D eigenvalue weighted by Crippen LogP contribution is -2.44. The minimum atomic E-state index is -0.0385. The highest BCUT2D eigenvalue weighted by atomic mass is 35.5. The highest BCUT2D eigenvalue weighted by molar-refractivity contribution is 5.85. The first-order valence-electron chi connectivity index (χ1n) is 7.11. The van der Waals surface area contributed by atoms with Crippen molar-refractivity contribution in [2.45, 2.75) is 64.3 Å². The van der Waals surface area contributed by atoms with E-state index < -0.39 is 0 Å². The number of rotatable bonds is 7. The molecule has 0 N–H and O–H groups in total. The van der Waals surface area contributed by atoms with E-state index in [2.05, 4.69) is 11.8 Å². The number of carbonyl (C=O) groups excluding carboxylic acids is 1. The number of likely N-dealkylation sites (tertiary alicyclic amines) is 1. The van der Waals surface area contributed by atoms with Crippen LogP contribution in [0.2, 0.25) is 0 Å². The van der Waals surface area contributed by atoms with Crippen LogP contribution < -0.4 is 0 Å². The van der Waals surface area contributed by atoms with Crippen LogP contribution in [0, 0.1) is 0 Å². The SMILES string of the molecule is CCCCCCC(C(=O)OC)N1CCCCC1.Cl. The van der Waals surface area contributed by atoms with E-state index in [0.717, 1.165) is 25.9 Å². The molecule has 0 bridgehead atoms. The van der Waals surface area contributed by atoms with Gasteiger partial charge >= 0.3 is 5.97 Å². The molecule has 1 aliphatic heterocycles. The zero-order valence-electron chi connectivity index (χ0n) is 11.8. The van der Waals surface area contributed by atoms with Crippen LogP contribution in [0.5, 0.6) is 0 Å². The summed E-state index contributed by atoms with van der Waals surface area (Å²) in [5.74, 6) is -0.0385. The topological polar surface area (TPSA) is 29.5 Å². The van der Waals surface area contributed by atoms with Gasteiger partial charge in [-0.05, 0) is 32.4 Å². The Kier molecular flexibility index (Phi) is 10.5. The quantitative estimate of drug-likeness (QED) is 0.528. The largest absolute Gasteiger partial charge is 0.468 e. The van der Waals surface area contributed by atoms with Crippen molar-refractivity contribution in [1.82, 2.24) is 4.90 Å². The maximum absolute atomic E-state index is 11.8. The van der Waals surface area contributed by atoms with Crippen LogP contribution >= 0.6 is 12.4 Å². The standard InChI is InChI=1S/C14H27NO2.ClH/c1-3-4-5-7-10-13(14(16)17-2)15-11-8-6-9-12-15;/h13H,3-12H2,1-2H3;1H. The molecule has 1 aliphatic rings. The maximum Gasteiger partial charge on any atom is 0.323 e. The monoisotopic (exact) mass is 277 g/mol. The molecule has 108 valence electrons. The third kappa shape index (κ3) is 6.05. The van der Waals surface area contributed by atoms with E-state index in [1.54, 1.807) is 0 Å². The van der Waals surface area contributed by atoms with Gasteiger partial charge in [-0.2, -0.15) is 0 Å². The molecular weight excluding hydrogens is 250 g/mol. The van der Waals surface area contributed by atoms with Crippen molar-refractivity contribution in [3.05, 3.63) is 0 Å². The number of unbranched alkanes of at least 4 members (excludes halogenated alkanes) is 3. The van der Waals surface area contributed by atoms with E-state index >= 15 is 0 Å². The van der Waals surface area contributed by atoms with E-state index in [1.165, 1.54) is 45.6 Å². The molecule has 1 atom stereocenters. The summed E-state index contributed by atoms with van der Waals surface area (Å²) in [5, 5.41) is 0. The number of piperidine rings is 1. The van der Waals surface area contributed by atoms with Gasteiger partial charge in [-0.3, -0.25) is 9.69 Å². The van der Waals surface area contributed by atoms with Crippen LogP contribution in [0.15, 0.2) is 0 Å². The van der Waals surface area contributed by atoms with E-state index in [0.29, 0.717) is 0 Å². The van der Waals surface area contributed by atoms with Crippen molar-refractivity contribution < 1.29 is 9.53 Å². The van der Waals surface area contributed by atoms with Crippen molar-refractivity contribution in [3.63, 3.8) is 0 Å². The van der Waals surface area contributed by atoms with Gasteiger partial charge in [0.1, 0.15) is 6.04 Å². The molecule has 0 saturated carbocycles. The Balaban J connectivity index is 0.00000289. The summed E-state index contributed by atoms with van der Waals surface area (Å²) < 4.78 is 4.94. The lowest BCUT2D eigenvalue weighted by Gasteiger charge is -2.32. The van der Waals surface area contributed by atoms with Crippen LogP contribution in [-0.2, 0) is 9.53 Å². The number of hydrogen-bond donors (Lipinski definition) is 0. The lowest BCUT2D eigenvalue weighted by atomic mass is 10.0. The number of esters is 1. The van der Waals surface area contributed by atoms with E-state index in [4.69, 9.17) is 4.74 Å². The Bertz CT molecular complexity index is 218. The second-order valence-electron chi connectivity index (χ2n) is 4.98. The van der Waals surface area contributed by atoms with Gasteiger partial charge in [-0.1, -0.05) is 39.0 Å². The molecule has 18 heavy (non-hydrogen) atoms. The summed E-state index contributed by atoms with van der Waals surface area (Å²) in [6.07, 6.45) is 9.61. The molecule has 0 amide bonds.